The molecule has 0 amide bonds. The molecule has 1 aliphatic heterocycles. The first kappa shape index (κ1) is 22.9. The minimum absolute atomic E-state index is 0.181. The summed E-state index contributed by atoms with van der Waals surface area (Å²) in [6.07, 6.45) is 4.41. The van der Waals surface area contributed by atoms with Gasteiger partial charge in [-0.2, -0.15) is 9.97 Å². The number of carbonyl (C=O) groups is 1. The Kier molecular flexibility index (Phi) is 6.99. The maximum Gasteiger partial charge on any atom is 0.348 e. The van der Waals surface area contributed by atoms with E-state index in [1.54, 1.807) is 25.4 Å². The third kappa shape index (κ3) is 5.37. The summed E-state index contributed by atoms with van der Waals surface area (Å²) in [5.41, 5.74) is 1.42. The zero-order valence-corrected chi connectivity index (χ0v) is 19.3. The Hall–Kier alpha value is -3.31. The highest BCUT2D eigenvalue weighted by atomic mass is 32.2. The standard InChI is InChI=1S/C22H26N6O4S/c1-3-33-19(20(30)31)14(2)24-22(33)27-21-25-17(28-9-6-16(29)7-10-28)11-18(26-21)32-13-15-5-4-8-23-12-15/h4-5,8,11-12,16,29H,3,6-7,9-10,13H2,1-2H3,(H-,24,25,26,27,30,31). The molecule has 1 fully saturated rings. The molecule has 1 atom stereocenters. The molecule has 0 bridgehead atoms. The van der Waals surface area contributed by atoms with E-state index >= 15 is 0 Å². The number of nitrogens with zero attached hydrogens (tertiary/aromatic N) is 5. The number of ether oxygens (including phenoxy) is 1. The average molecular weight is 471 g/mol. The Bertz CT molecular complexity index is 1190. The van der Waals surface area contributed by atoms with Gasteiger partial charge in [0.25, 0.3) is 5.95 Å². The predicted molar refractivity (Wildman–Crippen MR) is 121 cm³/mol. The number of hydrogen-bond acceptors (Lipinski definition) is 9. The molecule has 2 N–H and O–H groups in total. The van der Waals surface area contributed by atoms with Crippen LogP contribution in [0.1, 0.15) is 40.7 Å². The molecule has 33 heavy (non-hydrogen) atoms. The first-order chi connectivity index (χ1) is 15.9. The van der Waals surface area contributed by atoms with Gasteiger partial charge in [-0.1, -0.05) is 6.07 Å². The molecule has 1 saturated heterocycles. The van der Waals surface area contributed by atoms with Crippen LogP contribution in [0.4, 0.5) is 11.8 Å². The number of pyridine rings is 1. The molecule has 0 aromatic carbocycles. The zero-order valence-electron chi connectivity index (χ0n) is 18.5. The van der Waals surface area contributed by atoms with Crippen molar-refractivity contribution in [2.45, 2.75) is 45.2 Å². The molecule has 1 aliphatic rings. The van der Waals surface area contributed by atoms with Crippen molar-refractivity contribution in [3.05, 3.63) is 51.5 Å². The first-order valence-corrected chi connectivity index (χ1v) is 12.2. The third-order valence-electron chi connectivity index (χ3n) is 5.37. The molecule has 0 spiro atoms. The fourth-order valence-corrected chi connectivity index (χ4v) is 5.54. The number of piperidine rings is 1. The van der Waals surface area contributed by atoms with Crippen LogP contribution in [0.15, 0.2) is 35.6 Å². The highest BCUT2D eigenvalue weighted by Gasteiger charge is 2.23. The van der Waals surface area contributed by atoms with Crippen LogP contribution in [0.25, 0.3) is 0 Å². The molecule has 3 aromatic heterocycles. The maximum absolute atomic E-state index is 11.6. The summed E-state index contributed by atoms with van der Waals surface area (Å²) in [5, 5.41) is 21.5. The van der Waals surface area contributed by atoms with Crippen molar-refractivity contribution in [2.24, 2.45) is 4.99 Å². The molecule has 0 saturated carbocycles. The van der Waals surface area contributed by atoms with Crippen LogP contribution < -0.4 is 19.5 Å². The lowest BCUT2D eigenvalue weighted by Gasteiger charge is -2.30. The van der Waals surface area contributed by atoms with E-state index < -0.39 is 16.4 Å². The summed E-state index contributed by atoms with van der Waals surface area (Å²) >= 11 is 0. The van der Waals surface area contributed by atoms with Gasteiger partial charge >= 0.3 is 4.80 Å². The minimum Gasteiger partial charge on any atom is -0.540 e. The van der Waals surface area contributed by atoms with Gasteiger partial charge in [-0.3, -0.25) is 9.97 Å². The second kappa shape index (κ2) is 10.1. The van der Waals surface area contributed by atoms with Crippen LogP contribution in [0.2, 0.25) is 0 Å². The fraction of sp³-hybridized carbons (Fsp3) is 0.409. The predicted octanol–water partition coefficient (Wildman–Crippen LogP) is 1.41. The van der Waals surface area contributed by atoms with Crippen molar-refractivity contribution in [1.29, 1.82) is 0 Å². The van der Waals surface area contributed by atoms with E-state index in [-0.39, 0.29) is 23.5 Å². The fourth-order valence-electron chi connectivity index (χ4n) is 3.69. The summed E-state index contributed by atoms with van der Waals surface area (Å²) in [4.78, 5) is 35.2. The number of aromatic nitrogens is 4. The second-order valence-electron chi connectivity index (χ2n) is 7.70. The van der Waals surface area contributed by atoms with Crippen molar-refractivity contribution >= 4 is 28.2 Å². The summed E-state index contributed by atoms with van der Waals surface area (Å²) in [7, 11) is -0.746. The molecule has 0 aliphatic carbocycles. The number of aliphatic hydroxyl groups excluding tert-OH is 1. The summed E-state index contributed by atoms with van der Waals surface area (Å²) in [6, 6.07) is 5.51. The Morgan fingerprint density at radius 1 is 1.39 bits per heavy atom. The molecule has 4 heterocycles. The third-order valence-corrected chi connectivity index (χ3v) is 7.57. The molecule has 11 heteroatoms. The van der Waals surface area contributed by atoms with Gasteiger partial charge in [0.2, 0.25) is 10.8 Å². The molecular weight excluding hydrogens is 444 g/mol. The number of aromatic amines is 1. The van der Waals surface area contributed by atoms with Crippen LogP contribution in [0, 0.1) is 6.92 Å². The monoisotopic (exact) mass is 470 g/mol. The Morgan fingerprint density at radius 3 is 2.85 bits per heavy atom. The summed E-state index contributed by atoms with van der Waals surface area (Å²) in [5.74, 6) is 0.559. The number of H-pyrrole nitrogens is 1. The van der Waals surface area contributed by atoms with Gasteiger partial charge in [0, 0.05) is 47.6 Å². The van der Waals surface area contributed by atoms with Gasteiger partial charge in [-0.15, -0.1) is 4.99 Å². The molecule has 4 rings (SSSR count). The van der Waals surface area contributed by atoms with E-state index in [1.807, 2.05) is 19.1 Å². The lowest BCUT2D eigenvalue weighted by molar-refractivity contribution is -0.254. The van der Waals surface area contributed by atoms with E-state index in [0.29, 0.717) is 53.9 Å². The smallest absolute Gasteiger partial charge is 0.348 e. The number of thiazole rings is 1. The number of hydrogen-bond donors (Lipinski definition) is 2. The van der Waals surface area contributed by atoms with Gasteiger partial charge in [-0.25, -0.2) is 0 Å². The molecule has 3 aromatic rings. The maximum atomic E-state index is 11.6. The number of nitrogens with one attached hydrogen (secondary N) is 1. The van der Waals surface area contributed by atoms with Crippen molar-refractivity contribution in [3.63, 3.8) is 0 Å². The van der Waals surface area contributed by atoms with E-state index in [2.05, 4.69) is 29.8 Å². The largest absolute Gasteiger partial charge is 0.540 e. The molecule has 1 unspecified atom stereocenters. The van der Waals surface area contributed by atoms with Crippen LogP contribution in [0.5, 0.6) is 5.88 Å². The lowest BCUT2D eigenvalue weighted by Crippen LogP contribution is -2.36. The average Bonchev–Trinajstić information content (AvgIpc) is 3.13. The van der Waals surface area contributed by atoms with E-state index in [4.69, 9.17) is 4.74 Å². The van der Waals surface area contributed by atoms with E-state index in [1.165, 1.54) is 0 Å². The molecule has 0 radical (unpaired) electrons. The molecule has 10 nitrogen and oxygen atoms in total. The van der Waals surface area contributed by atoms with Crippen LogP contribution in [-0.4, -0.2) is 50.2 Å². The Balaban J connectivity index is 1.72. The SMILES string of the molecule is CC[s+]1c(C(=O)[O-])c(C)[nH]c1=Nc1nc(OCc2cccnc2)cc(N2CCC(O)CC2)n1. The Labute approximate surface area is 193 Å². The number of aliphatic hydroxyl groups is 1. The lowest BCUT2D eigenvalue weighted by atomic mass is 10.1. The number of aromatic carboxylic acids is 1. The number of aryl methyl sites for hydroxylation is 1. The highest BCUT2D eigenvalue weighted by Crippen LogP contribution is 2.26. The van der Waals surface area contributed by atoms with Gasteiger partial charge in [-0.05, 0) is 32.8 Å². The van der Waals surface area contributed by atoms with E-state index in [9.17, 15) is 15.0 Å². The van der Waals surface area contributed by atoms with Crippen LogP contribution in [-0.2, 0) is 12.4 Å². The summed E-state index contributed by atoms with van der Waals surface area (Å²) < 4.78 is 5.91. The topological polar surface area (TPSA) is 140 Å². The van der Waals surface area contributed by atoms with Gasteiger partial charge < -0.3 is 24.6 Å². The van der Waals surface area contributed by atoms with E-state index in [0.717, 1.165) is 5.56 Å². The van der Waals surface area contributed by atoms with Crippen molar-refractivity contribution in [3.8, 4) is 5.88 Å². The van der Waals surface area contributed by atoms with Gasteiger partial charge in [0.1, 0.15) is 24.1 Å². The molecular formula is C22H26N6O4S. The normalized spacial score (nSPS) is 15.7. The summed E-state index contributed by atoms with van der Waals surface area (Å²) in [6.45, 7) is 5.20. The number of rotatable bonds is 7. The highest BCUT2D eigenvalue weighted by molar-refractivity contribution is 7.30. The zero-order chi connectivity index (χ0) is 23.4. The number of carbonyl (C=O) groups excluding carboxylic acids is 1. The quantitative estimate of drug-likeness (QED) is 0.494. The van der Waals surface area contributed by atoms with Gasteiger partial charge in [0.05, 0.1) is 11.8 Å². The Morgan fingerprint density at radius 2 is 2.18 bits per heavy atom. The first-order valence-electron chi connectivity index (χ1n) is 10.8. The van der Waals surface area contributed by atoms with Crippen LogP contribution in [0.3, 0.4) is 0 Å². The van der Waals surface area contributed by atoms with Gasteiger partial charge in [0.15, 0.2) is 0 Å². The number of anilines is 1. The van der Waals surface area contributed by atoms with Crippen LogP contribution >= 0.6 is 10.5 Å². The molecule has 174 valence electrons. The number of carboxylic acids is 1. The second-order valence-corrected chi connectivity index (χ2v) is 9.85. The van der Waals surface area contributed by atoms with Crippen molar-refractivity contribution in [1.82, 2.24) is 19.9 Å². The minimum atomic E-state index is -1.20. The van der Waals surface area contributed by atoms with Crippen molar-refractivity contribution in [2.75, 3.05) is 18.0 Å². The number of carboxylic acid groups (broad SMARTS) is 1. The van der Waals surface area contributed by atoms with Crippen molar-refractivity contribution < 1.29 is 19.7 Å².